The summed E-state index contributed by atoms with van der Waals surface area (Å²) < 4.78 is 0. The maximum absolute atomic E-state index is 3.76. The zero-order chi connectivity index (χ0) is 11.9. The smallest absolute Gasteiger partial charge is 0.0579 e. The molecule has 1 heteroatoms. The van der Waals surface area contributed by atoms with Gasteiger partial charge in [-0.25, -0.2) is 0 Å². The summed E-state index contributed by atoms with van der Waals surface area (Å²) in [5, 5.41) is 3.48. The Kier molecular flexibility index (Phi) is 4.11. The Bertz CT molecular complexity index is 408. The zero-order valence-corrected chi connectivity index (χ0v) is 9.84. The van der Waals surface area contributed by atoms with Crippen molar-refractivity contribution in [2.24, 2.45) is 0 Å². The summed E-state index contributed by atoms with van der Waals surface area (Å²) in [6.45, 7) is 4.56. The van der Waals surface area contributed by atoms with Gasteiger partial charge >= 0.3 is 0 Å². The van der Waals surface area contributed by atoms with Gasteiger partial charge in [0, 0.05) is 6.54 Å². The van der Waals surface area contributed by atoms with Crippen molar-refractivity contribution in [3.8, 4) is 0 Å². The van der Waals surface area contributed by atoms with Crippen LogP contribution >= 0.6 is 0 Å². The lowest BCUT2D eigenvalue weighted by Gasteiger charge is -2.18. The van der Waals surface area contributed by atoms with Crippen LogP contribution in [-0.4, -0.2) is 6.54 Å². The van der Waals surface area contributed by atoms with Crippen LogP contribution in [0.3, 0.4) is 0 Å². The second-order valence-electron chi connectivity index (χ2n) is 3.95. The Labute approximate surface area is 103 Å². The first kappa shape index (κ1) is 11.6. The van der Waals surface area contributed by atoms with Crippen LogP contribution in [0.1, 0.15) is 17.2 Å². The van der Waals surface area contributed by atoms with E-state index in [1.54, 1.807) is 0 Å². The van der Waals surface area contributed by atoms with E-state index < -0.39 is 0 Å². The monoisotopic (exact) mass is 223 g/mol. The highest BCUT2D eigenvalue weighted by molar-refractivity contribution is 5.31. The molecule has 0 heterocycles. The summed E-state index contributed by atoms with van der Waals surface area (Å²) in [5.74, 6) is 0. The summed E-state index contributed by atoms with van der Waals surface area (Å²) in [6, 6.07) is 21.2. The van der Waals surface area contributed by atoms with Crippen molar-refractivity contribution in [2.45, 2.75) is 6.04 Å². The van der Waals surface area contributed by atoms with Gasteiger partial charge in [0.15, 0.2) is 0 Å². The predicted molar refractivity (Wildman–Crippen MR) is 72.9 cm³/mol. The fourth-order valence-electron chi connectivity index (χ4n) is 1.92. The van der Waals surface area contributed by atoms with Crippen molar-refractivity contribution < 1.29 is 0 Å². The topological polar surface area (TPSA) is 12.0 Å². The fourth-order valence-corrected chi connectivity index (χ4v) is 1.92. The molecule has 0 saturated carbocycles. The second-order valence-corrected chi connectivity index (χ2v) is 3.95. The number of hydrogen-bond acceptors (Lipinski definition) is 1. The first-order valence-electron chi connectivity index (χ1n) is 5.86. The van der Waals surface area contributed by atoms with Crippen molar-refractivity contribution in [1.29, 1.82) is 0 Å². The minimum absolute atomic E-state index is 0.232. The molecule has 17 heavy (non-hydrogen) atoms. The molecule has 1 nitrogen and oxygen atoms in total. The third kappa shape index (κ3) is 3.05. The van der Waals surface area contributed by atoms with Gasteiger partial charge in [-0.15, -0.1) is 6.58 Å². The Morgan fingerprint density at radius 2 is 1.35 bits per heavy atom. The van der Waals surface area contributed by atoms with Crippen molar-refractivity contribution in [3.05, 3.63) is 84.4 Å². The van der Waals surface area contributed by atoms with E-state index in [1.807, 2.05) is 18.2 Å². The van der Waals surface area contributed by atoms with E-state index in [1.165, 1.54) is 11.1 Å². The standard InChI is InChI=1S/C16H17N/c1-2-13-17-16(14-9-5-3-6-10-14)15-11-7-4-8-12-15/h2-12,16-17H,1,13H2. The van der Waals surface area contributed by atoms with Crippen LogP contribution in [0.2, 0.25) is 0 Å². The van der Waals surface area contributed by atoms with Gasteiger partial charge in [0.1, 0.15) is 0 Å². The highest BCUT2D eigenvalue weighted by atomic mass is 14.9. The maximum atomic E-state index is 3.76. The molecule has 0 amide bonds. The molecule has 0 aliphatic rings. The molecule has 2 aromatic rings. The van der Waals surface area contributed by atoms with E-state index in [9.17, 15) is 0 Å². The van der Waals surface area contributed by atoms with E-state index in [0.717, 1.165) is 6.54 Å². The van der Waals surface area contributed by atoms with Crippen molar-refractivity contribution in [2.75, 3.05) is 6.54 Å². The molecule has 2 rings (SSSR count). The minimum Gasteiger partial charge on any atom is -0.303 e. The third-order valence-corrected chi connectivity index (χ3v) is 2.73. The van der Waals surface area contributed by atoms with Crippen LogP contribution in [0.4, 0.5) is 0 Å². The highest BCUT2D eigenvalue weighted by Gasteiger charge is 2.11. The Morgan fingerprint density at radius 3 is 1.76 bits per heavy atom. The number of hydrogen-bond donors (Lipinski definition) is 1. The first-order valence-corrected chi connectivity index (χ1v) is 5.86. The Balaban J connectivity index is 2.29. The van der Waals surface area contributed by atoms with Gasteiger partial charge in [-0.1, -0.05) is 66.7 Å². The lowest BCUT2D eigenvalue weighted by Crippen LogP contribution is -2.22. The lowest BCUT2D eigenvalue weighted by atomic mass is 9.99. The SMILES string of the molecule is C=CCNC(c1ccccc1)c1ccccc1. The van der Waals surface area contributed by atoms with Gasteiger partial charge in [-0.2, -0.15) is 0 Å². The quantitative estimate of drug-likeness (QED) is 0.764. The van der Waals surface area contributed by atoms with Gasteiger partial charge < -0.3 is 5.32 Å². The molecule has 0 bridgehead atoms. The Morgan fingerprint density at radius 1 is 0.882 bits per heavy atom. The molecule has 0 atom stereocenters. The van der Waals surface area contributed by atoms with Gasteiger partial charge in [-0.3, -0.25) is 0 Å². The van der Waals surface area contributed by atoms with Crippen molar-refractivity contribution in [3.63, 3.8) is 0 Å². The van der Waals surface area contributed by atoms with Crippen molar-refractivity contribution in [1.82, 2.24) is 5.32 Å². The highest BCUT2D eigenvalue weighted by Crippen LogP contribution is 2.21. The van der Waals surface area contributed by atoms with E-state index >= 15 is 0 Å². The average molecular weight is 223 g/mol. The molecule has 0 unspecified atom stereocenters. The predicted octanol–water partition coefficient (Wildman–Crippen LogP) is 3.55. The maximum Gasteiger partial charge on any atom is 0.0579 e. The van der Waals surface area contributed by atoms with Gasteiger partial charge in [-0.05, 0) is 11.1 Å². The summed E-state index contributed by atoms with van der Waals surface area (Å²) in [5.41, 5.74) is 2.56. The van der Waals surface area contributed by atoms with Crippen LogP contribution in [0.5, 0.6) is 0 Å². The van der Waals surface area contributed by atoms with Crippen molar-refractivity contribution >= 4 is 0 Å². The van der Waals surface area contributed by atoms with Gasteiger partial charge in [0.25, 0.3) is 0 Å². The van der Waals surface area contributed by atoms with E-state index in [-0.39, 0.29) is 6.04 Å². The van der Waals surface area contributed by atoms with E-state index in [2.05, 4.69) is 60.4 Å². The van der Waals surface area contributed by atoms with Crippen LogP contribution < -0.4 is 5.32 Å². The molecule has 0 aliphatic carbocycles. The van der Waals surface area contributed by atoms with Gasteiger partial charge in [0.2, 0.25) is 0 Å². The molecule has 1 N–H and O–H groups in total. The Hall–Kier alpha value is -1.86. The largest absolute Gasteiger partial charge is 0.303 e. The molecule has 2 aromatic carbocycles. The number of nitrogens with one attached hydrogen (secondary N) is 1. The summed E-state index contributed by atoms with van der Waals surface area (Å²) in [7, 11) is 0. The molecule has 0 saturated heterocycles. The zero-order valence-electron chi connectivity index (χ0n) is 9.84. The summed E-state index contributed by atoms with van der Waals surface area (Å²) >= 11 is 0. The lowest BCUT2D eigenvalue weighted by molar-refractivity contribution is 0.653. The van der Waals surface area contributed by atoms with E-state index in [4.69, 9.17) is 0 Å². The minimum atomic E-state index is 0.232. The van der Waals surface area contributed by atoms with Crippen LogP contribution in [-0.2, 0) is 0 Å². The number of rotatable bonds is 5. The van der Waals surface area contributed by atoms with Crippen LogP contribution in [0, 0.1) is 0 Å². The fraction of sp³-hybridized carbons (Fsp3) is 0.125. The molecule has 86 valence electrons. The second kappa shape index (κ2) is 6.02. The molecular weight excluding hydrogens is 206 g/mol. The molecule has 0 radical (unpaired) electrons. The summed E-state index contributed by atoms with van der Waals surface area (Å²) in [4.78, 5) is 0. The van der Waals surface area contributed by atoms with Gasteiger partial charge in [0.05, 0.1) is 6.04 Å². The first-order chi connectivity index (χ1) is 8.42. The molecule has 0 aliphatic heterocycles. The summed E-state index contributed by atoms with van der Waals surface area (Å²) in [6.07, 6.45) is 1.89. The molecule has 0 spiro atoms. The molecular formula is C16H17N. The van der Waals surface area contributed by atoms with Crippen LogP contribution in [0.15, 0.2) is 73.3 Å². The normalized spacial score (nSPS) is 10.4. The number of benzene rings is 2. The third-order valence-electron chi connectivity index (χ3n) is 2.73. The average Bonchev–Trinajstić information content (AvgIpc) is 2.42. The molecule has 0 fully saturated rings. The van der Waals surface area contributed by atoms with E-state index in [0.29, 0.717) is 0 Å². The van der Waals surface area contributed by atoms with Crippen LogP contribution in [0.25, 0.3) is 0 Å². The molecule has 0 aromatic heterocycles.